The van der Waals surface area contributed by atoms with Crippen molar-refractivity contribution in [2.75, 3.05) is 6.54 Å². The van der Waals surface area contributed by atoms with Crippen molar-refractivity contribution in [3.05, 3.63) is 64.7 Å². The van der Waals surface area contributed by atoms with Gasteiger partial charge < -0.3 is 19.9 Å². The summed E-state index contributed by atoms with van der Waals surface area (Å²) in [7, 11) is 0. The van der Waals surface area contributed by atoms with Crippen molar-refractivity contribution in [2.45, 2.75) is 65.3 Å². The Morgan fingerprint density at radius 3 is 2.28 bits per heavy atom. The van der Waals surface area contributed by atoms with Gasteiger partial charge in [-0.3, -0.25) is 9.69 Å². The lowest BCUT2D eigenvalue weighted by Gasteiger charge is -2.34. The number of benzene rings is 2. The van der Waals surface area contributed by atoms with Gasteiger partial charge in [-0.25, -0.2) is 9.59 Å². The fourth-order valence-corrected chi connectivity index (χ4v) is 4.03. The largest absolute Gasteiger partial charge is 0.488 e. The summed E-state index contributed by atoms with van der Waals surface area (Å²) in [5.41, 5.74) is -0.256. The molecule has 2 N–H and O–H groups in total. The zero-order valence-corrected chi connectivity index (χ0v) is 21.9. The van der Waals surface area contributed by atoms with Crippen molar-refractivity contribution in [3.63, 3.8) is 0 Å². The molecule has 0 unspecified atom stereocenters. The molecule has 9 heteroatoms. The average Bonchev–Trinajstić information content (AvgIpc) is 3.05. The van der Waals surface area contributed by atoms with Crippen molar-refractivity contribution in [2.24, 2.45) is 5.41 Å². The van der Waals surface area contributed by atoms with Crippen LogP contribution in [0, 0.1) is 5.41 Å². The minimum Gasteiger partial charge on any atom is -0.488 e. The molecule has 1 saturated heterocycles. The molecule has 2 aromatic rings. The number of hydrogen-bond acceptors (Lipinski definition) is 5. The maximum Gasteiger partial charge on any atom is 0.410 e. The Morgan fingerprint density at radius 1 is 1.11 bits per heavy atom. The Morgan fingerprint density at radius 2 is 1.72 bits per heavy atom. The molecule has 2 aromatic carbocycles. The smallest absolute Gasteiger partial charge is 0.410 e. The van der Waals surface area contributed by atoms with Crippen LogP contribution in [0.1, 0.15) is 58.3 Å². The normalized spacial score (nSPS) is 20.5. The molecule has 1 aliphatic heterocycles. The summed E-state index contributed by atoms with van der Waals surface area (Å²) in [4.78, 5) is 37.7. The van der Waals surface area contributed by atoms with Crippen LogP contribution in [0.25, 0.3) is 0 Å². The highest BCUT2D eigenvalue weighted by molar-refractivity contribution is 6.30. The number of hydrogen-bond donors (Lipinski definition) is 2. The summed E-state index contributed by atoms with van der Waals surface area (Å²) in [6, 6.07) is 11.7. The second-order valence-corrected chi connectivity index (χ2v) is 10.9. The molecule has 1 heterocycles. The van der Waals surface area contributed by atoms with Gasteiger partial charge in [0.25, 0.3) is 5.91 Å². The van der Waals surface area contributed by atoms with Crippen LogP contribution in [-0.4, -0.2) is 52.4 Å². The first kappa shape index (κ1) is 25.8. The quantitative estimate of drug-likeness (QED) is 0.470. The molecule has 2 amide bonds. The van der Waals surface area contributed by atoms with E-state index in [4.69, 9.17) is 22.4 Å². The number of carbonyl (C=O) groups excluding carboxylic acids is 2. The molecule has 8 nitrogen and oxygen atoms in total. The predicted octanol–water partition coefficient (Wildman–Crippen LogP) is 5.14. The molecule has 0 aromatic heterocycles. The molecule has 194 valence electrons. The highest BCUT2D eigenvalue weighted by Gasteiger charge is 2.51. The third-order valence-corrected chi connectivity index (χ3v) is 5.89. The van der Waals surface area contributed by atoms with Gasteiger partial charge >= 0.3 is 12.1 Å². The third-order valence-electron chi connectivity index (χ3n) is 5.64. The molecule has 0 bridgehead atoms. The van der Waals surface area contributed by atoms with Crippen LogP contribution in [0.4, 0.5) is 4.79 Å². The van der Waals surface area contributed by atoms with Crippen molar-refractivity contribution in [1.82, 2.24) is 10.2 Å². The highest BCUT2D eigenvalue weighted by Crippen LogP contribution is 2.36. The average molecular weight is 518 g/mol. The molecule has 2 atom stereocenters. The summed E-state index contributed by atoms with van der Waals surface area (Å²) in [6.45, 7) is 9.08. The molecular weight excluding hydrogens is 484 g/mol. The Kier molecular flexibility index (Phi) is 7.73. The lowest BCUT2D eigenvalue weighted by Crippen LogP contribution is -2.49. The van der Waals surface area contributed by atoms with Gasteiger partial charge in [-0.05, 0) is 62.2 Å². The van der Waals surface area contributed by atoms with Crippen LogP contribution in [0.2, 0.25) is 5.02 Å². The SMILES string of the molecule is [2H][C@]1(CC(C)(C)Oc2ccc(CCNC(=O)c3ccc(Cl)cc3)cc2)C(=O)O[C@H](C(C)(C)C)N1C(=O)O. The number of nitrogens with one attached hydrogen (secondary N) is 1. The summed E-state index contributed by atoms with van der Waals surface area (Å²) in [6.07, 6.45) is -2.10. The standard InChI is InChI=1S/C27H33ClN2O6/c1-26(2,3)24-30(25(33)34)21(23(32)35-24)16-27(4,5)36-20-12-6-17(7-13-20)14-15-29-22(31)18-8-10-19(28)11-9-18/h6-13,21,24H,14-16H2,1-5H3,(H,29,31)(H,33,34)/t21-,24+/m0/s1/i21D. The van der Waals surface area contributed by atoms with Crippen LogP contribution in [0.3, 0.4) is 0 Å². The third kappa shape index (κ3) is 6.91. The second kappa shape index (κ2) is 10.8. The van der Waals surface area contributed by atoms with E-state index in [1.54, 1.807) is 71.0 Å². The van der Waals surface area contributed by atoms with Gasteiger partial charge in [0.2, 0.25) is 0 Å². The van der Waals surface area contributed by atoms with E-state index in [1.807, 2.05) is 12.1 Å². The van der Waals surface area contributed by atoms with Gasteiger partial charge in [0.15, 0.2) is 6.23 Å². The fraction of sp³-hybridized carbons (Fsp3) is 0.444. The fourth-order valence-electron chi connectivity index (χ4n) is 3.91. The van der Waals surface area contributed by atoms with Crippen LogP contribution < -0.4 is 10.1 Å². The Balaban J connectivity index is 1.60. The first-order chi connectivity index (χ1) is 17.1. The van der Waals surface area contributed by atoms with Gasteiger partial charge in [-0.1, -0.05) is 44.5 Å². The Bertz CT molecular complexity index is 1150. The molecule has 0 radical (unpaired) electrons. The van der Waals surface area contributed by atoms with Gasteiger partial charge in [0.05, 0.1) is 1.37 Å². The van der Waals surface area contributed by atoms with Gasteiger partial charge in [-0.2, -0.15) is 0 Å². The molecule has 3 rings (SSSR count). The molecule has 36 heavy (non-hydrogen) atoms. The number of nitrogens with zero attached hydrogens (tertiary/aromatic N) is 1. The zero-order chi connectivity index (χ0) is 27.6. The minimum atomic E-state index is -2.14. The number of rotatable bonds is 8. The topological polar surface area (TPSA) is 105 Å². The first-order valence-corrected chi connectivity index (χ1v) is 12.1. The maximum absolute atomic E-state index is 12.7. The molecule has 0 aliphatic carbocycles. The lowest BCUT2D eigenvalue weighted by atomic mass is 9.92. The number of amides is 2. The van der Waals surface area contributed by atoms with Crippen LogP contribution >= 0.6 is 11.6 Å². The first-order valence-electron chi connectivity index (χ1n) is 12.2. The maximum atomic E-state index is 12.7. The van der Waals surface area contributed by atoms with E-state index in [0.717, 1.165) is 10.5 Å². The number of esters is 1. The molecular formula is C27H33ClN2O6. The summed E-state index contributed by atoms with van der Waals surface area (Å²) in [5.74, 6) is -0.595. The van der Waals surface area contributed by atoms with E-state index in [0.29, 0.717) is 29.3 Å². The van der Waals surface area contributed by atoms with E-state index in [2.05, 4.69) is 5.32 Å². The van der Waals surface area contributed by atoms with E-state index in [1.165, 1.54) is 0 Å². The monoisotopic (exact) mass is 517 g/mol. The summed E-state index contributed by atoms with van der Waals surface area (Å²) >= 11 is 5.85. The molecule has 0 spiro atoms. The van der Waals surface area contributed by atoms with E-state index < -0.39 is 35.3 Å². The number of carbonyl (C=O) groups is 3. The van der Waals surface area contributed by atoms with Crippen molar-refractivity contribution in [3.8, 4) is 5.75 Å². The van der Waals surface area contributed by atoms with Gasteiger partial charge in [-0.15, -0.1) is 0 Å². The lowest BCUT2D eigenvalue weighted by molar-refractivity contribution is -0.147. The molecule has 0 saturated carbocycles. The zero-order valence-electron chi connectivity index (χ0n) is 22.1. The van der Waals surface area contributed by atoms with Gasteiger partial charge in [0, 0.05) is 29.0 Å². The van der Waals surface area contributed by atoms with E-state index in [9.17, 15) is 19.5 Å². The molecule has 1 fully saturated rings. The van der Waals surface area contributed by atoms with Crippen LogP contribution in [0.5, 0.6) is 5.75 Å². The summed E-state index contributed by atoms with van der Waals surface area (Å²) in [5, 5.41) is 13.2. The molecule has 1 aliphatic rings. The van der Waals surface area contributed by atoms with Crippen molar-refractivity contribution < 1.29 is 30.3 Å². The minimum absolute atomic E-state index is 0.183. The van der Waals surface area contributed by atoms with Crippen LogP contribution in [-0.2, 0) is 16.0 Å². The number of carboxylic acid groups (broad SMARTS) is 1. The predicted molar refractivity (Wildman–Crippen MR) is 136 cm³/mol. The van der Waals surface area contributed by atoms with Crippen molar-refractivity contribution >= 4 is 29.6 Å². The number of cyclic esters (lactones) is 1. The van der Waals surface area contributed by atoms with Gasteiger partial charge in [0.1, 0.15) is 17.4 Å². The second-order valence-electron chi connectivity index (χ2n) is 10.4. The highest BCUT2D eigenvalue weighted by atomic mass is 35.5. The van der Waals surface area contributed by atoms with Crippen LogP contribution in [0.15, 0.2) is 48.5 Å². The van der Waals surface area contributed by atoms with E-state index >= 15 is 0 Å². The number of ether oxygens (including phenoxy) is 2. The Hall–Kier alpha value is -3.26. The Labute approximate surface area is 217 Å². The van der Waals surface area contributed by atoms with E-state index in [-0.39, 0.29) is 12.3 Å². The summed E-state index contributed by atoms with van der Waals surface area (Å²) < 4.78 is 20.2. The number of halogens is 1. The van der Waals surface area contributed by atoms with Crippen molar-refractivity contribution in [1.29, 1.82) is 0 Å².